The Kier molecular flexibility index (Phi) is 4.02. The Balaban J connectivity index is 1.92. The maximum atomic E-state index is 11.9. The lowest BCUT2D eigenvalue weighted by atomic mass is 10.1. The van der Waals surface area contributed by atoms with Crippen molar-refractivity contribution in [1.82, 2.24) is 10.2 Å². The molecule has 1 atom stereocenters. The number of likely N-dealkylation sites (tertiary alicyclic amines) is 1. The molecule has 1 aliphatic heterocycles. The normalized spacial score (nSPS) is 18.1. The van der Waals surface area contributed by atoms with Gasteiger partial charge in [0.1, 0.15) is 0 Å². The van der Waals surface area contributed by atoms with E-state index in [9.17, 15) is 14.4 Å². The number of nitrogens with one attached hydrogen (secondary N) is 1. The molecule has 1 aliphatic rings. The van der Waals surface area contributed by atoms with Crippen molar-refractivity contribution in [2.75, 3.05) is 13.6 Å². The maximum absolute atomic E-state index is 11.9. The van der Waals surface area contributed by atoms with E-state index < -0.39 is 5.97 Å². The molecule has 2 rings (SSSR count). The topological polar surface area (TPSA) is 86.7 Å². The van der Waals surface area contributed by atoms with Crippen LogP contribution in [0.15, 0.2) is 24.3 Å². The summed E-state index contributed by atoms with van der Waals surface area (Å²) in [4.78, 5) is 35.7. The Morgan fingerprint density at radius 1 is 1.45 bits per heavy atom. The number of carbonyl (C=O) groups excluding carboxylic acids is 2. The van der Waals surface area contributed by atoms with Gasteiger partial charge in [0.2, 0.25) is 11.8 Å². The Morgan fingerprint density at radius 3 is 2.80 bits per heavy atom. The number of aromatic carboxylic acids is 1. The third kappa shape index (κ3) is 3.14. The summed E-state index contributed by atoms with van der Waals surface area (Å²) in [5.41, 5.74) is 0.906. The lowest BCUT2D eigenvalue weighted by molar-refractivity contribution is -0.128. The zero-order chi connectivity index (χ0) is 14.7. The van der Waals surface area contributed by atoms with Crippen LogP contribution in [-0.2, 0) is 16.1 Å². The zero-order valence-electron chi connectivity index (χ0n) is 11.1. The van der Waals surface area contributed by atoms with Crippen molar-refractivity contribution in [1.29, 1.82) is 0 Å². The number of carbonyl (C=O) groups is 3. The van der Waals surface area contributed by atoms with E-state index in [1.165, 1.54) is 17.0 Å². The van der Waals surface area contributed by atoms with Gasteiger partial charge in [-0.25, -0.2) is 4.79 Å². The van der Waals surface area contributed by atoms with Crippen LogP contribution in [0.3, 0.4) is 0 Å². The summed E-state index contributed by atoms with van der Waals surface area (Å²) in [6, 6.07) is 6.41. The number of hydrogen-bond donors (Lipinski definition) is 2. The smallest absolute Gasteiger partial charge is 0.335 e. The molecular weight excluding hydrogens is 260 g/mol. The van der Waals surface area contributed by atoms with Crippen LogP contribution in [0.25, 0.3) is 0 Å². The molecule has 6 heteroatoms. The maximum Gasteiger partial charge on any atom is 0.335 e. The van der Waals surface area contributed by atoms with Crippen LogP contribution < -0.4 is 5.32 Å². The van der Waals surface area contributed by atoms with Gasteiger partial charge in [0.05, 0.1) is 11.5 Å². The minimum Gasteiger partial charge on any atom is -0.478 e. The molecule has 0 radical (unpaired) electrons. The Hall–Kier alpha value is -2.37. The molecule has 1 unspecified atom stereocenters. The third-order valence-corrected chi connectivity index (χ3v) is 3.35. The van der Waals surface area contributed by atoms with Crippen molar-refractivity contribution < 1.29 is 19.5 Å². The third-order valence-electron chi connectivity index (χ3n) is 3.35. The predicted octanol–water partition coefficient (Wildman–Crippen LogP) is 0.479. The molecule has 1 saturated heterocycles. The minimum atomic E-state index is -0.999. The second-order valence-corrected chi connectivity index (χ2v) is 4.90. The van der Waals surface area contributed by atoms with Gasteiger partial charge in [0, 0.05) is 26.6 Å². The molecule has 106 valence electrons. The van der Waals surface area contributed by atoms with Gasteiger partial charge in [-0.2, -0.15) is 0 Å². The lowest BCUT2D eigenvalue weighted by Crippen LogP contribution is -2.31. The predicted molar refractivity (Wildman–Crippen MR) is 71.0 cm³/mol. The number of carboxylic acids is 1. The highest BCUT2D eigenvalue weighted by Crippen LogP contribution is 2.16. The average Bonchev–Trinajstić information content (AvgIpc) is 2.76. The van der Waals surface area contributed by atoms with E-state index in [1.807, 2.05) is 0 Å². The molecule has 0 aliphatic carbocycles. The summed E-state index contributed by atoms with van der Waals surface area (Å²) >= 11 is 0. The quantitative estimate of drug-likeness (QED) is 0.837. The molecule has 1 fully saturated rings. The molecule has 2 amide bonds. The molecule has 1 heterocycles. The molecule has 0 aromatic heterocycles. The number of amides is 2. The SMILES string of the molecule is CN1CC(C(=O)NCc2cccc(C(=O)O)c2)CC1=O. The summed E-state index contributed by atoms with van der Waals surface area (Å²) in [5.74, 6) is -1.53. The Labute approximate surface area is 116 Å². The first-order chi connectivity index (χ1) is 9.47. The molecule has 0 bridgehead atoms. The standard InChI is InChI=1S/C14H16N2O4/c1-16-8-11(6-12(16)17)13(18)15-7-9-3-2-4-10(5-9)14(19)20/h2-5,11H,6-8H2,1H3,(H,15,18)(H,19,20). The van der Waals surface area contributed by atoms with Crippen molar-refractivity contribution in [2.45, 2.75) is 13.0 Å². The molecule has 0 spiro atoms. The van der Waals surface area contributed by atoms with Gasteiger partial charge in [0.25, 0.3) is 0 Å². The first-order valence-electron chi connectivity index (χ1n) is 6.31. The fourth-order valence-corrected chi connectivity index (χ4v) is 2.19. The van der Waals surface area contributed by atoms with Gasteiger partial charge in [-0.1, -0.05) is 12.1 Å². The van der Waals surface area contributed by atoms with Crippen LogP contribution >= 0.6 is 0 Å². The van der Waals surface area contributed by atoms with Crippen LogP contribution in [0.1, 0.15) is 22.3 Å². The van der Waals surface area contributed by atoms with E-state index in [0.717, 1.165) is 5.56 Å². The lowest BCUT2D eigenvalue weighted by Gasteiger charge is -2.11. The van der Waals surface area contributed by atoms with E-state index >= 15 is 0 Å². The van der Waals surface area contributed by atoms with Crippen LogP contribution in [0.2, 0.25) is 0 Å². The van der Waals surface area contributed by atoms with Crippen LogP contribution in [0.5, 0.6) is 0 Å². The van der Waals surface area contributed by atoms with Crippen LogP contribution in [0.4, 0.5) is 0 Å². The Morgan fingerprint density at radius 2 is 2.20 bits per heavy atom. The second kappa shape index (κ2) is 5.73. The number of rotatable bonds is 4. The fraction of sp³-hybridized carbons (Fsp3) is 0.357. The first-order valence-corrected chi connectivity index (χ1v) is 6.31. The van der Waals surface area contributed by atoms with E-state index in [4.69, 9.17) is 5.11 Å². The monoisotopic (exact) mass is 276 g/mol. The van der Waals surface area contributed by atoms with Gasteiger partial charge < -0.3 is 15.3 Å². The van der Waals surface area contributed by atoms with Gasteiger partial charge in [0.15, 0.2) is 0 Å². The van der Waals surface area contributed by atoms with Gasteiger partial charge in [-0.15, -0.1) is 0 Å². The van der Waals surface area contributed by atoms with Gasteiger partial charge in [-0.3, -0.25) is 9.59 Å². The van der Waals surface area contributed by atoms with Crippen molar-refractivity contribution in [2.24, 2.45) is 5.92 Å². The summed E-state index contributed by atoms with van der Waals surface area (Å²) < 4.78 is 0. The highest BCUT2D eigenvalue weighted by molar-refractivity contribution is 5.89. The molecular formula is C14H16N2O4. The van der Waals surface area contributed by atoms with Crippen molar-refractivity contribution in [3.63, 3.8) is 0 Å². The number of benzene rings is 1. The molecule has 6 nitrogen and oxygen atoms in total. The second-order valence-electron chi connectivity index (χ2n) is 4.90. The number of carboxylic acid groups (broad SMARTS) is 1. The van der Waals surface area contributed by atoms with E-state index in [2.05, 4.69) is 5.32 Å². The van der Waals surface area contributed by atoms with E-state index in [1.54, 1.807) is 19.2 Å². The highest BCUT2D eigenvalue weighted by atomic mass is 16.4. The Bertz CT molecular complexity index is 556. The fourth-order valence-electron chi connectivity index (χ4n) is 2.19. The van der Waals surface area contributed by atoms with Crippen LogP contribution in [-0.4, -0.2) is 41.4 Å². The largest absolute Gasteiger partial charge is 0.478 e. The average molecular weight is 276 g/mol. The summed E-state index contributed by atoms with van der Waals surface area (Å²) in [6.07, 6.45) is 0.234. The van der Waals surface area contributed by atoms with Gasteiger partial charge in [-0.05, 0) is 17.7 Å². The molecule has 1 aromatic rings. The molecule has 0 saturated carbocycles. The van der Waals surface area contributed by atoms with Crippen molar-refractivity contribution in [3.05, 3.63) is 35.4 Å². The molecule has 20 heavy (non-hydrogen) atoms. The van der Waals surface area contributed by atoms with Crippen LogP contribution in [0, 0.1) is 5.92 Å². The van der Waals surface area contributed by atoms with Gasteiger partial charge >= 0.3 is 5.97 Å². The number of hydrogen-bond acceptors (Lipinski definition) is 3. The highest BCUT2D eigenvalue weighted by Gasteiger charge is 2.31. The summed E-state index contributed by atoms with van der Waals surface area (Å²) in [7, 11) is 1.67. The molecule has 2 N–H and O–H groups in total. The number of nitrogens with zero attached hydrogens (tertiary/aromatic N) is 1. The molecule has 1 aromatic carbocycles. The van der Waals surface area contributed by atoms with E-state index in [-0.39, 0.29) is 36.3 Å². The minimum absolute atomic E-state index is 0.0296. The van der Waals surface area contributed by atoms with Crippen molar-refractivity contribution in [3.8, 4) is 0 Å². The van der Waals surface area contributed by atoms with Crippen molar-refractivity contribution >= 4 is 17.8 Å². The first kappa shape index (κ1) is 14.0. The summed E-state index contributed by atoms with van der Waals surface area (Å²) in [6.45, 7) is 0.689. The summed E-state index contributed by atoms with van der Waals surface area (Å²) in [5, 5.41) is 11.6. The van der Waals surface area contributed by atoms with E-state index in [0.29, 0.717) is 6.54 Å². The zero-order valence-corrected chi connectivity index (χ0v) is 11.1.